The van der Waals surface area contributed by atoms with Gasteiger partial charge in [-0.3, -0.25) is 33.6 Å². The monoisotopic (exact) mass is 1450 g/mol. The molecule has 11 bridgehead atoms. The highest BCUT2D eigenvalue weighted by atomic mass is 35.5. The lowest BCUT2D eigenvalue weighted by Crippen LogP contribution is -2.65. The van der Waals surface area contributed by atoms with Crippen molar-refractivity contribution in [2.45, 2.75) is 156 Å². The number of aromatic hydroxyl groups is 3. The van der Waals surface area contributed by atoms with Gasteiger partial charge in [0.05, 0.1) is 34.7 Å². The number of likely N-dealkylation sites (N-methyl/N-ethyl adjacent to an activating group) is 1. The second-order valence-electron chi connectivity index (χ2n) is 25.8. The minimum absolute atomic E-state index is 0.0925. The van der Waals surface area contributed by atoms with Crippen molar-refractivity contribution < 1.29 is 113 Å². The third-order valence-electron chi connectivity index (χ3n) is 17.8. The topological polar surface area (TPSA) is 536 Å². The first-order valence-corrected chi connectivity index (χ1v) is 32.5. The summed E-state index contributed by atoms with van der Waals surface area (Å²) in [7, 11) is 1.48. The minimum atomic E-state index is -2.33. The van der Waals surface area contributed by atoms with E-state index in [1.807, 2.05) is 13.8 Å². The number of phenolic OH excluding ortho intramolecular Hbond substituents is 3. The van der Waals surface area contributed by atoms with Crippen LogP contribution < -0.4 is 68.6 Å². The standard InChI is InChI=1S/C66H76Cl2N10O23/c1-23(2)12-34(72-5)58(88)77-49-51(83)26-7-10-38(32(67)14-26)97-40-16-28-17-41(55(40)101-65-56(54(86)53(85)42(22-69)99-65)100-44-21-66(4,71)57(87)24(3)96-44)98-39-11-8-27(15-33(39)68)52(84)50-63(93)76-48(64(94)95)31-18-29(79)19-37(81)45(31)30-13-25(6-9-36(30)80)46(60(90)78-50)75-61(91)47(28)74-59(89)35(20-43(70)82)73-62(49)92/h6-11,13-19,23-24,34-35,42,44,46-54,56-57,65,72,79-81,83-87H,12,20-22,69,71H2,1-5H3,(H2,70,82)(H,73,92)(H,74,89)(H,75,91)(H,76,93)(H,77,88)(H,78,90)(H,94,95)/t24-,34+,35-,42+,44-,46+,47+,48-,49+,50-,51+,52+,53+,54-,56+,57+,65-,66-/m0/s1. The molecule has 33 nitrogen and oxygen atoms in total. The van der Waals surface area contributed by atoms with E-state index in [9.17, 15) is 69.9 Å². The number of aliphatic carboxylic acids is 1. The van der Waals surface area contributed by atoms with Crippen molar-refractivity contribution in [3.63, 3.8) is 0 Å². The van der Waals surface area contributed by atoms with E-state index < -0.39 is 231 Å². The normalized spacial score (nSPS) is 29.4. The predicted octanol–water partition coefficient (Wildman–Crippen LogP) is 0.0726. The van der Waals surface area contributed by atoms with Gasteiger partial charge in [-0.2, -0.15) is 0 Å². The second kappa shape index (κ2) is 30.2. The molecule has 0 aromatic heterocycles. The summed E-state index contributed by atoms with van der Waals surface area (Å²) in [5.41, 5.74) is 14.2. The summed E-state index contributed by atoms with van der Waals surface area (Å²) >= 11 is 14.1. The number of benzene rings is 5. The molecular weight excluding hydrogens is 1370 g/mol. The first-order valence-electron chi connectivity index (χ1n) is 31.7. The Morgan fingerprint density at radius 2 is 1.32 bits per heavy atom. The van der Waals surface area contributed by atoms with Gasteiger partial charge in [-0.1, -0.05) is 55.2 Å². The number of carbonyl (C=O) groups excluding carboxylic acids is 7. The van der Waals surface area contributed by atoms with E-state index >= 15 is 14.4 Å². The van der Waals surface area contributed by atoms with Crippen molar-refractivity contribution in [3.05, 3.63) is 117 Å². The molecule has 0 aliphatic carbocycles. The highest BCUT2D eigenvalue weighted by Crippen LogP contribution is 2.50. The molecule has 101 heavy (non-hydrogen) atoms. The third-order valence-corrected chi connectivity index (χ3v) is 18.4. The van der Waals surface area contributed by atoms with Crippen LogP contribution in [0.2, 0.25) is 10.0 Å². The molecule has 7 aliphatic heterocycles. The number of phenols is 3. The molecule has 22 N–H and O–H groups in total. The Bertz CT molecular complexity index is 4080. The lowest BCUT2D eigenvalue weighted by atomic mass is 9.86. The Balaban J connectivity index is 1.24. The van der Waals surface area contributed by atoms with E-state index in [2.05, 4.69) is 37.2 Å². The zero-order chi connectivity index (χ0) is 73.5. The molecule has 18 atom stereocenters. The fourth-order valence-corrected chi connectivity index (χ4v) is 13.0. The number of hydrogen-bond donors (Lipinski definition) is 19. The summed E-state index contributed by atoms with van der Waals surface area (Å²) in [5, 5.41) is 120. The maximum absolute atomic E-state index is 16.0. The van der Waals surface area contributed by atoms with Crippen molar-refractivity contribution >= 4 is 70.5 Å². The number of halogens is 2. The number of ether oxygens (including phenoxy) is 6. The van der Waals surface area contributed by atoms with Crippen LogP contribution in [0, 0.1) is 5.92 Å². The molecule has 0 unspecified atom stereocenters. The van der Waals surface area contributed by atoms with Crippen molar-refractivity contribution in [2.24, 2.45) is 23.1 Å². The molecule has 7 amide bonds. The van der Waals surface area contributed by atoms with Crippen molar-refractivity contribution in [1.82, 2.24) is 37.2 Å². The number of amides is 7. The maximum atomic E-state index is 16.0. The smallest absolute Gasteiger partial charge is 0.330 e. The van der Waals surface area contributed by atoms with Gasteiger partial charge in [-0.05, 0) is 110 Å². The van der Waals surface area contributed by atoms with Gasteiger partial charge < -0.3 is 129 Å². The molecule has 2 fully saturated rings. The quantitative estimate of drug-likeness (QED) is 0.0742. The molecular formula is C66H76Cl2N10O23. The van der Waals surface area contributed by atoms with Crippen LogP contribution in [0.4, 0.5) is 0 Å². The van der Waals surface area contributed by atoms with E-state index in [-0.39, 0.29) is 52.0 Å². The van der Waals surface area contributed by atoms with Crippen LogP contribution in [0.5, 0.6) is 46.0 Å². The third kappa shape index (κ3) is 15.8. The number of primary amides is 1. The summed E-state index contributed by atoms with van der Waals surface area (Å²) in [6.45, 7) is 6.20. The van der Waals surface area contributed by atoms with E-state index in [1.165, 1.54) is 33.0 Å². The number of carboxylic acid groups (broad SMARTS) is 1. The summed E-state index contributed by atoms with van der Waals surface area (Å²) in [6, 6.07) is -0.441. The molecule has 0 spiro atoms. The molecule has 7 aliphatic rings. The number of nitrogens with one attached hydrogen (secondary N) is 7. The number of carboxylic acids is 1. The summed E-state index contributed by atoms with van der Waals surface area (Å²) in [5.74, 6) is -15.8. The minimum Gasteiger partial charge on any atom is -0.508 e. The number of aliphatic hydroxyl groups excluding tert-OH is 5. The fourth-order valence-electron chi connectivity index (χ4n) is 12.5. The van der Waals surface area contributed by atoms with Crippen molar-refractivity contribution in [3.8, 4) is 57.1 Å². The number of hydrogen-bond acceptors (Lipinski definition) is 25. The average Bonchev–Trinajstić information content (AvgIpc) is 0.775. The molecule has 0 saturated carbocycles. The summed E-state index contributed by atoms with van der Waals surface area (Å²) < 4.78 is 38.6. The lowest BCUT2D eigenvalue weighted by molar-refractivity contribution is -0.330. The highest BCUT2D eigenvalue weighted by molar-refractivity contribution is 6.32. The van der Waals surface area contributed by atoms with Crippen LogP contribution >= 0.6 is 23.2 Å². The SMILES string of the molecule is CN[C@H](CC(C)C)C(=O)N[C@H]1C(=O)N[C@@H](CC(N)=O)C(=O)N[C@H]2C(=O)N[C@H]3C(=O)N[C@H](C(=O)N[C@H](C(=O)O)c4cc(O)cc(O)c4-c4cc3ccc4O)[C@H](O)c3ccc(c(Cl)c3)Oc3cc2cc(c3O[C@@H]2O[C@H](CN)[C@@H](O)[C@H](O)[C@H]2O[C@H]2C[C@](C)(N)[C@H](O)[C@H](C)O2)Oc2ccc(cc2Cl)[C@H]1O. The Labute approximate surface area is 584 Å². The average molecular weight is 1450 g/mol. The van der Waals surface area contributed by atoms with Crippen LogP contribution in [0.25, 0.3) is 11.1 Å². The van der Waals surface area contributed by atoms with Gasteiger partial charge >= 0.3 is 5.97 Å². The van der Waals surface area contributed by atoms with Gasteiger partial charge in [0.2, 0.25) is 53.4 Å². The fraction of sp³-hybridized carbons (Fsp3) is 0.424. The predicted molar refractivity (Wildman–Crippen MR) is 351 cm³/mol. The van der Waals surface area contributed by atoms with E-state index in [1.54, 1.807) is 0 Å². The van der Waals surface area contributed by atoms with Gasteiger partial charge in [-0.15, -0.1) is 0 Å². The first-order chi connectivity index (χ1) is 47.7. The number of nitrogens with two attached hydrogens (primary N) is 3. The Hall–Kier alpha value is -9.20. The Morgan fingerprint density at radius 1 is 0.713 bits per heavy atom. The number of carbonyl (C=O) groups is 8. The maximum Gasteiger partial charge on any atom is 0.330 e. The molecule has 5 aromatic rings. The largest absolute Gasteiger partial charge is 0.508 e. The van der Waals surface area contributed by atoms with Crippen LogP contribution in [-0.2, 0) is 52.6 Å². The number of fused-ring (bicyclic) bond motifs is 15. The van der Waals surface area contributed by atoms with Crippen LogP contribution in [0.1, 0.15) is 105 Å². The van der Waals surface area contributed by atoms with Crippen LogP contribution in [0.3, 0.4) is 0 Å². The number of rotatable bonds is 13. The molecule has 542 valence electrons. The van der Waals surface area contributed by atoms with Crippen molar-refractivity contribution in [1.29, 1.82) is 0 Å². The Morgan fingerprint density at radius 3 is 1.90 bits per heavy atom. The summed E-state index contributed by atoms with van der Waals surface area (Å²) in [6.07, 6.45) is -17.9. The van der Waals surface area contributed by atoms with Gasteiger partial charge in [0.1, 0.15) is 89.5 Å². The van der Waals surface area contributed by atoms with Crippen molar-refractivity contribution in [2.75, 3.05) is 13.6 Å². The molecule has 2 saturated heterocycles. The van der Waals surface area contributed by atoms with Gasteiger partial charge in [0, 0.05) is 41.3 Å². The lowest BCUT2D eigenvalue weighted by Gasteiger charge is -2.47. The first kappa shape index (κ1) is 74.5. The molecule has 7 heterocycles. The Kier molecular flexibility index (Phi) is 22.2. The van der Waals surface area contributed by atoms with E-state index in [0.717, 1.165) is 66.7 Å². The second-order valence-corrected chi connectivity index (χ2v) is 26.6. The van der Waals surface area contributed by atoms with Crippen LogP contribution in [0.15, 0.2) is 78.9 Å². The zero-order valence-electron chi connectivity index (χ0n) is 54.5. The van der Waals surface area contributed by atoms with Gasteiger partial charge in [0.15, 0.2) is 29.9 Å². The molecule has 0 radical (unpaired) electrons. The molecule has 5 aromatic carbocycles. The van der Waals surface area contributed by atoms with Gasteiger partial charge in [0.25, 0.3) is 0 Å². The zero-order valence-corrected chi connectivity index (χ0v) is 56.0. The highest BCUT2D eigenvalue weighted by Gasteiger charge is 2.51. The number of aliphatic hydroxyl groups is 5. The van der Waals surface area contributed by atoms with E-state index in [0.29, 0.717) is 0 Å². The molecule has 35 heteroatoms. The molecule has 12 rings (SSSR count). The summed E-state index contributed by atoms with van der Waals surface area (Å²) in [4.78, 5) is 117. The van der Waals surface area contributed by atoms with Crippen LogP contribution in [-0.4, -0.2) is 186 Å². The van der Waals surface area contributed by atoms with Gasteiger partial charge in [-0.25, -0.2) is 4.79 Å². The van der Waals surface area contributed by atoms with E-state index in [4.69, 9.17) is 68.8 Å².